The number of aromatic nitrogens is 2. The topological polar surface area (TPSA) is 53.1 Å². The molecule has 3 rings (SSSR count). The summed E-state index contributed by atoms with van der Waals surface area (Å²) in [7, 11) is 0. The Morgan fingerprint density at radius 1 is 1.08 bits per heavy atom. The largest absolute Gasteiger partial charge is 0.573 e. The van der Waals surface area contributed by atoms with Gasteiger partial charge in [-0.05, 0) is 36.8 Å². The van der Waals surface area contributed by atoms with Crippen molar-refractivity contribution in [1.29, 1.82) is 0 Å². The highest BCUT2D eigenvalue weighted by Gasteiger charge is 2.32. The molecule has 0 aliphatic heterocycles. The monoisotopic (exact) mass is 347 g/mol. The van der Waals surface area contributed by atoms with Gasteiger partial charge in [-0.25, -0.2) is 4.68 Å². The van der Waals surface area contributed by atoms with Crippen LogP contribution in [-0.2, 0) is 6.54 Å². The van der Waals surface area contributed by atoms with Gasteiger partial charge in [-0.2, -0.15) is 5.10 Å². The molecule has 0 radical (unpaired) electrons. The van der Waals surface area contributed by atoms with Crippen LogP contribution in [0.25, 0.3) is 16.8 Å². The Labute approximate surface area is 142 Å². The van der Waals surface area contributed by atoms with Gasteiger partial charge in [-0.3, -0.25) is 0 Å². The number of nitrogens with two attached hydrogens (primary N) is 1. The van der Waals surface area contributed by atoms with Crippen molar-refractivity contribution in [1.82, 2.24) is 9.78 Å². The maximum Gasteiger partial charge on any atom is 0.573 e. The van der Waals surface area contributed by atoms with E-state index in [2.05, 4.69) is 9.84 Å². The average Bonchev–Trinajstić information content (AvgIpc) is 2.95. The molecular weight excluding hydrogens is 331 g/mol. The van der Waals surface area contributed by atoms with Gasteiger partial charge in [0.05, 0.1) is 11.4 Å². The van der Waals surface area contributed by atoms with Crippen LogP contribution >= 0.6 is 0 Å². The molecule has 0 aliphatic carbocycles. The third kappa shape index (κ3) is 3.83. The van der Waals surface area contributed by atoms with E-state index in [4.69, 9.17) is 5.73 Å². The Morgan fingerprint density at radius 2 is 1.84 bits per heavy atom. The lowest BCUT2D eigenvalue weighted by atomic mass is 10.0. The van der Waals surface area contributed by atoms with Crippen LogP contribution in [0.1, 0.15) is 11.4 Å². The quantitative estimate of drug-likeness (QED) is 0.769. The number of hydrogen-bond donors (Lipinski definition) is 1. The van der Waals surface area contributed by atoms with Gasteiger partial charge in [0.25, 0.3) is 0 Å². The molecule has 0 spiro atoms. The molecule has 25 heavy (non-hydrogen) atoms. The first kappa shape index (κ1) is 17.0. The zero-order valence-corrected chi connectivity index (χ0v) is 13.4. The number of rotatable bonds is 4. The van der Waals surface area contributed by atoms with Crippen LogP contribution in [0.2, 0.25) is 0 Å². The van der Waals surface area contributed by atoms with Crippen molar-refractivity contribution in [3.63, 3.8) is 0 Å². The number of nitrogens with zero attached hydrogens (tertiary/aromatic N) is 2. The minimum absolute atomic E-state index is 0.244. The molecule has 3 aromatic rings. The minimum Gasteiger partial charge on any atom is -0.405 e. The molecule has 0 amide bonds. The van der Waals surface area contributed by atoms with E-state index in [9.17, 15) is 13.2 Å². The lowest BCUT2D eigenvalue weighted by Crippen LogP contribution is -2.17. The highest BCUT2D eigenvalue weighted by Crippen LogP contribution is 2.34. The number of halogens is 3. The van der Waals surface area contributed by atoms with Gasteiger partial charge in [0.2, 0.25) is 0 Å². The number of para-hydroxylation sites is 1. The van der Waals surface area contributed by atoms with E-state index >= 15 is 0 Å². The molecule has 0 aliphatic rings. The van der Waals surface area contributed by atoms with Crippen LogP contribution < -0.4 is 10.5 Å². The summed E-state index contributed by atoms with van der Waals surface area (Å²) in [5.74, 6) is -0.244. The average molecular weight is 347 g/mol. The van der Waals surface area contributed by atoms with Crippen molar-refractivity contribution in [3.05, 3.63) is 66.0 Å². The number of ether oxygens (including phenoxy) is 1. The van der Waals surface area contributed by atoms with E-state index in [1.165, 1.54) is 12.1 Å². The summed E-state index contributed by atoms with van der Waals surface area (Å²) in [4.78, 5) is 0. The zero-order chi connectivity index (χ0) is 18.0. The summed E-state index contributed by atoms with van der Waals surface area (Å²) in [6.07, 6.45) is -4.75. The first-order chi connectivity index (χ1) is 11.9. The summed E-state index contributed by atoms with van der Waals surface area (Å²) < 4.78 is 43.7. The first-order valence-electron chi connectivity index (χ1n) is 7.58. The van der Waals surface area contributed by atoms with Gasteiger partial charge in [-0.15, -0.1) is 13.2 Å². The van der Waals surface area contributed by atoms with Crippen molar-refractivity contribution < 1.29 is 17.9 Å². The van der Waals surface area contributed by atoms with Gasteiger partial charge in [-0.1, -0.05) is 30.3 Å². The number of hydrogen-bond acceptors (Lipinski definition) is 3. The Bertz CT molecular complexity index is 887. The Kier molecular flexibility index (Phi) is 4.50. The van der Waals surface area contributed by atoms with Crippen LogP contribution in [0.3, 0.4) is 0 Å². The van der Waals surface area contributed by atoms with E-state index in [1.54, 1.807) is 35.0 Å². The van der Waals surface area contributed by atoms with Crippen LogP contribution in [0.4, 0.5) is 13.2 Å². The molecule has 1 aromatic heterocycles. The molecule has 0 saturated heterocycles. The van der Waals surface area contributed by atoms with Gasteiger partial charge >= 0.3 is 6.36 Å². The van der Waals surface area contributed by atoms with Crippen molar-refractivity contribution in [3.8, 4) is 22.6 Å². The van der Waals surface area contributed by atoms with E-state index in [1.807, 2.05) is 19.1 Å². The molecule has 2 N–H and O–H groups in total. The maximum absolute atomic E-state index is 12.6. The molecule has 2 aromatic carbocycles. The number of alkyl halides is 3. The molecule has 0 saturated carbocycles. The van der Waals surface area contributed by atoms with Crippen molar-refractivity contribution in [2.24, 2.45) is 5.73 Å². The van der Waals surface area contributed by atoms with Crippen LogP contribution in [0.15, 0.2) is 54.6 Å². The normalized spacial score (nSPS) is 11.6. The fourth-order valence-corrected chi connectivity index (χ4v) is 2.62. The second-order valence-electron chi connectivity index (χ2n) is 5.49. The summed E-state index contributed by atoms with van der Waals surface area (Å²) in [5, 5.41) is 4.40. The Hall–Kier alpha value is -2.80. The summed E-state index contributed by atoms with van der Waals surface area (Å²) in [6.45, 7) is 2.20. The third-order valence-corrected chi connectivity index (χ3v) is 3.66. The van der Waals surface area contributed by atoms with Crippen LogP contribution in [-0.4, -0.2) is 16.1 Å². The van der Waals surface area contributed by atoms with Gasteiger partial charge in [0.1, 0.15) is 5.75 Å². The molecule has 0 fully saturated rings. The Morgan fingerprint density at radius 3 is 2.52 bits per heavy atom. The van der Waals surface area contributed by atoms with Crippen LogP contribution in [0, 0.1) is 6.92 Å². The summed E-state index contributed by atoms with van der Waals surface area (Å²) in [5.41, 5.74) is 8.92. The summed E-state index contributed by atoms with van der Waals surface area (Å²) in [6, 6.07) is 15.0. The van der Waals surface area contributed by atoms with Gasteiger partial charge in [0.15, 0.2) is 0 Å². The van der Waals surface area contributed by atoms with E-state index in [0.717, 1.165) is 17.1 Å². The van der Waals surface area contributed by atoms with Crippen LogP contribution in [0.5, 0.6) is 5.75 Å². The van der Waals surface area contributed by atoms with E-state index in [0.29, 0.717) is 17.7 Å². The fraction of sp³-hybridized carbons (Fsp3) is 0.167. The predicted octanol–water partition coefficient (Wildman–Crippen LogP) is 4.21. The molecule has 0 atom stereocenters. The van der Waals surface area contributed by atoms with Crippen molar-refractivity contribution in [2.75, 3.05) is 0 Å². The molecule has 4 nitrogen and oxygen atoms in total. The number of aryl methyl sites for hydroxylation is 1. The number of benzene rings is 2. The predicted molar refractivity (Wildman–Crippen MR) is 88.3 cm³/mol. The lowest BCUT2D eigenvalue weighted by Gasteiger charge is -2.14. The van der Waals surface area contributed by atoms with Gasteiger partial charge in [0, 0.05) is 17.8 Å². The SMILES string of the molecule is Cc1cc(CN)nn1-c1cccc(-c2ccccc2OC(F)(F)F)c1. The highest BCUT2D eigenvalue weighted by molar-refractivity contribution is 5.72. The highest BCUT2D eigenvalue weighted by atomic mass is 19.4. The zero-order valence-electron chi connectivity index (χ0n) is 13.4. The lowest BCUT2D eigenvalue weighted by molar-refractivity contribution is -0.274. The fourth-order valence-electron chi connectivity index (χ4n) is 2.62. The third-order valence-electron chi connectivity index (χ3n) is 3.66. The summed E-state index contributed by atoms with van der Waals surface area (Å²) >= 11 is 0. The molecular formula is C18H16F3N3O. The molecule has 0 bridgehead atoms. The van der Waals surface area contributed by atoms with E-state index < -0.39 is 6.36 Å². The van der Waals surface area contributed by atoms with E-state index in [-0.39, 0.29) is 5.75 Å². The second-order valence-corrected chi connectivity index (χ2v) is 5.49. The molecule has 7 heteroatoms. The molecule has 0 unspecified atom stereocenters. The second kappa shape index (κ2) is 6.60. The van der Waals surface area contributed by atoms with Crippen molar-refractivity contribution in [2.45, 2.75) is 19.8 Å². The molecule has 1 heterocycles. The smallest absolute Gasteiger partial charge is 0.405 e. The van der Waals surface area contributed by atoms with Crippen molar-refractivity contribution >= 4 is 0 Å². The standard InChI is InChI=1S/C18H16F3N3O/c1-12-9-14(11-22)23-24(12)15-6-4-5-13(10-15)16-7-2-3-8-17(16)25-18(19,20)21/h2-10H,11,22H2,1H3. The Balaban J connectivity index is 2.04. The minimum atomic E-state index is -4.75. The molecule has 130 valence electrons. The maximum atomic E-state index is 12.6. The first-order valence-corrected chi connectivity index (χ1v) is 7.58. The van der Waals surface area contributed by atoms with Gasteiger partial charge < -0.3 is 10.5 Å².